The Balaban J connectivity index is 2.76. The molecule has 16 heavy (non-hydrogen) atoms. The number of thioether (sulfide) groups is 1. The Labute approximate surface area is 101 Å². The second-order valence-electron chi connectivity index (χ2n) is 3.10. The summed E-state index contributed by atoms with van der Waals surface area (Å²) in [6.45, 7) is 0. The molecule has 0 radical (unpaired) electrons. The molecule has 1 aliphatic rings. The number of hydrogen-bond donors (Lipinski definition) is 2. The van der Waals surface area contributed by atoms with Gasteiger partial charge in [0.05, 0.1) is 5.75 Å². The van der Waals surface area contributed by atoms with Gasteiger partial charge in [-0.15, -0.1) is 0 Å². The monoisotopic (exact) mass is 263 g/mol. The topological polar surface area (TPSA) is 94.9 Å². The summed E-state index contributed by atoms with van der Waals surface area (Å²) in [6, 6.07) is -1.17. The van der Waals surface area contributed by atoms with Gasteiger partial charge in [0, 0.05) is 6.42 Å². The summed E-state index contributed by atoms with van der Waals surface area (Å²) in [6.07, 6.45) is -0.453. The maximum Gasteiger partial charge on any atom is 0.326 e. The van der Waals surface area contributed by atoms with E-state index in [1.165, 1.54) is 0 Å². The first-order valence-electron chi connectivity index (χ1n) is 4.37. The molecule has 0 aromatic carbocycles. The molecule has 0 spiro atoms. The highest BCUT2D eigenvalue weighted by molar-refractivity contribution is 8.23. The Morgan fingerprint density at radius 3 is 2.50 bits per heavy atom. The second kappa shape index (κ2) is 5.26. The number of aliphatic carboxylic acids is 2. The smallest absolute Gasteiger partial charge is 0.326 e. The van der Waals surface area contributed by atoms with E-state index in [2.05, 4.69) is 0 Å². The molecule has 1 aliphatic heterocycles. The van der Waals surface area contributed by atoms with Crippen molar-refractivity contribution < 1.29 is 24.6 Å². The molecular weight excluding hydrogens is 254 g/mol. The van der Waals surface area contributed by atoms with Crippen LogP contribution in [-0.2, 0) is 14.4 Å². The van der Waals surface area contributed by atoms with Crippen LogP contribution in [0.25, 0.3) is 0 Å². The third kappa shape index (κ3) is 2.92. The first kappa shape index (κ1) is 12.9. The second-order valence-corrected chi connectivity index (χ2v) is 4.71. The average molecular weight is 263 g/mol. The summed E-state index contributed by atoms with van der Waals surface area (Å²) in [5.41, 5.74) is 0. The van der Waals surface area contributed by atoms with E-state index in [0.29, 0.717) is 0 Å². The number of nitrogens with zero attached hydrogens (tertiary/aromatic N) is 1. The van der Waals surface area contributed by atoms with Crippen molar-refractivity contribution in [2.45, 2.75) is 18.9 Å². The summed E-state index contributed by atoms with van der Waals surface area (Å²) in [5, 5.41) is 17.4. The van der Waals surface area contributed by atoms with E-state index in [1.54, 1.807) is 0 Å². The predicted molar refractivity (Wildman–Crippen MR) is 60.2 cm³/mol. The zero-order chi connectivity index (χ0) is 12.3. The number of amides is 1. The minimum Gasteiger partial charge on any atom is -0.481 e. The van der Waals surface area contributed by atoms with Gasteiger partial charge in [-0.1, -0.05) is 24.0 Å². The van der Waals surface area contributed by atoms with E-state index in [4.69, 9.17) is 22.4 Å². The molecule has 1 fully saturated rings. The van der Waals surface area contributed by atoms with Gasteiger partial charge in [0.25, 0.3) is 0 Å². The van der Waals surface area contributed by atoms with E-state index in [-0.39, 0.29) is 28.8 Å². The van der Waals surface area contributed by atoms with Crippen molar-refractivity contribution in [2.75, 3.05) is 5.75 Å². The van der Waals surface area contributed by atoms with Gasteiger partial charge in [-0.2, -0.15) is 0 Å². The molecular formula is C8H9NO5S2. The van der Waals surface area contributed by atoms with Crippen molar-refractivity contribution in [3.8, 4) is 0 Å². The van der Waals surface area contributed by atoms with E-state index in [1.807, 2.05) is 0 Å². The van der Waals surface area contributed by atoms with Gasteiger partial charge in [-0.25, -0.2) is 4.79 Å². The Kier molecular flexibility index (Phi) is 4.25. The summed E-state index contributed by atoms with van der Waals surface area (Å²) in [5.74, 6) is -2.60. The zero-order valence-electron chi connectivity index (χ0n) is 8.08. The molecule has 0 aromatic rings. The normalized spacial score (nSPS) is 17.6. The Morgan fingerprint density at radius 2 is 2.12 bits per heavy atom. The lowest BCUT2D eigenvalue weighted by molar-refractivity contribution is -0.146. The summed E-state index contributed by atoms with van der Waals surface area (Å²) >= 11 is 5.94. The lowest BCUT2D eigenvalue weighted by Crippen LogP contribution is -2.44. The fourth-order valence-corrected chi connectivity index (χ4v) is 2.45. The fourth-order valence-electron chi connectivity index (χ4n) is 1.29. The highest BCUT2D eigenvalue weighted by atomic mass is 32.2. The van der Waals surface area contributed by atoms with Crippen molar-refractivity contribution >= 4 is 46.1 Å². The van der Waals surface area contributed by atoms with Crippen LogP contribution in [0.4, 0.5) is 0 Å². The number of carboxylic acid groups (broad SMARTS) is 2. The molecule has 0 bridgehead atoms. The quantitative estimate of drug-likeness (QED) is 0.682. The Hall–Kier alpha value is -1.15. The SMILES string of the molecule is O=C(O)CC[C@H](C(=O)O)N1C(=O)CSC1=S. The van der Waals surface area contributed by atoms with Gasteiger partial charge >= 0.3 is 11.9 Å². The first-order chi connectivity index (χ1) is 7.43. The van der Waals surface area contributed by atoms with Gasteiger partial charge in [-0.3, -0.25) is 14.5 Å². The minimum atomic E-state index is -1.24. The minimum absolute atomic E-state index is 0.121. The van der Waals surface area contributed by atoms with Gasteiger partial charge in [0.1, 0.15) is 10.4 Å². The summed E-state index contributed by atoms with van der Waals surface area (Å²) in [7, 11) is 0. The average Bonchev–Trinajstić information content (AvgIpc) is 2.48. The molecule has 88 valence electrons. The van der Waals surface area contributed by atoms with Crippen molar-refractivity contribution in [1.29, 1.82) is 0 Å². The number of carboxylic acids is 2. The van der Waals surface area contributed by atoms with E-state index in [0.717, 1.165) is 16.7 Å². The molecule has 1 atom stereocenters. The molecule has 2 N–H and O–H groups in total. The van der Waals surface area contributed by atoms with Crippen LogP contribution in [-0.4, -0.2) is 49.1 Å². The highest BCUT2D eigenvalue weighted by Gasteiger charge is 2.37. The summed E-state index contributed by atoms with van der Waals surface area (Å²) < 4.78 is 0.197. The van der Waals surface area contributed by atoms with Gasteiger partial charge in [0.2, 0.25) is 5.91 Å². The first-order valence-corrected chi connectivity index (χ1v) is 5.76. The number of rotatable bonds is 5. The maximum atomic E-state index is 11.4. The molecule has 8 heteroatoms. The molecule has 0 unspecified atom stereocenters. The molecule has 1 rings (SSSR count). The van der Waals surface area contributed by atoms with E-state index < -0.39 is 18.0 Å². The van der Waals surface area contributed by atoms with Crippen LogP contribution in [0, 0.1) is 0 Å². The van der Waals surface area contributed by atoms with Crippen LogP contribution < -0.4 is 0 Å². The van der Waals surface area contributed by atoms with Crippen molar-refractivity contribution in [1.82, 2.24) is 4.90 Å². The van der Waals surface area contributed by atoms with Gasteiger partial charge in [-0.05, 0) is 6.42 Å². The standard InChI is InChI=1S/C8H9NO5S2/c10-5-3-16-8(15)9(5)4(7(13)14)1-2-6(11)12/h4H,1-3H2,(H,11,12)(H,13,14)/t4-/m1/s1. The van der Waals surface area contributed by atoms with Crippen LogP contribution in [0.1, 0.15) is 12.8 Å². The molecule has 6 nitrogen and oxygen atoms in total. The van der Waals surface area contributed by atoms with Crippen molar-refractivity contribution in [2.24, 2.45) is 0 Å². The van der Waals surface area contributed by atoms with Gasteiger partial charge < -0.3 is 10.2 Å². The Bertz CT molecular complexity index is 340. The van der Waals surface area contributed by atoms with Crippen molar-refractivity contribution in [3.05, 3.63) is 0 Å². The van der Waals surface area contributed by atoms with Crippen LogP contribution in [0.5, 0.6) is 0 Å². The number of carbonyl (C=O) groups is 3. The molecule has 1 amide bonds. The maximum absolute atomic E-state index is 11.4. The third-order valence-corrected chi connectivity index (χ3v) is 3.40. The molecule has 0 saturated carbocycles. The van der Waals surface area contributed by atoms with Crippen LogP contribution in [0.2, 0.25) is 0 Å². The van der Waals surface area contributed by atoms with Crippen LogP contribution >= 0.6 is 24.0 Å². The van der Waals surface area contributed by atoms with Gasteiger partial charge in [0.15, 0.2) is 0 Å². The number of hydrogen-bond acceptors (Lipinski definition) is 5. The molecule has 0 aliphatic carbocycles. The predicted octanol–water partition coefficient (Wildman–Crippen LogP) is 0.165. The highest BCUT2D eigenvalue weighted by Crippen LogP contribution is 2.24. The molecule has 1 heterocycles. The number of thiocarbonyl (C=S) groups is 1. The van der Waals surface area contributed by atoms with E-state index >= 15 is 0 Å². The lowest BCUT2D eigenvalue weighted by Gasteiger charge is -2.22. The molecule has 0 aromatic heterocycles. The van der Waals surface area contributed by atoms with Crippen LogP contribution in [0.3, 0.4) is 0 Å². The zero-order valence-corrected chi connectivity index (χ0v) is 9.71. The largest absolute Gasteiger partial charge is 0.481 e. The third-order valence-electron chi connectivity index (χ3n) is 2.01. The summed E-state index contributed by atoms with van der Waals surface area (Å²) in [4.78, 5) is 33.7. The van der Waals surface area contributed by atoms with Crippen molar-refractivity contribution in [3.63, 3.8) is 0 Å². The van der Waals surface area contributed by atoms with Crippen LogP contribution in [0.15, 0.2) is 0 Å². The molecule has 1 saturated heterocycles. The Morgan fingerprint density at radius 1 is 1.50 bits per heavy atom. The lowest BCUT2D eigenvalue weighted by atomic mass is 10.1. The fraction of sp³-hybridized carbons (Fsp3) is 0.500. The van der Waals surface area contributed by atoms with E-state index in [9.17, 15) is 14.4 Å². The number of carbonyl (C=O) groups excluding carboxylic acids is 1.